The molecule has 0 fully saturated rings. The first kappa shape index (κ1) is 16.6. The van der Waals surface area contributed by atoms with Gasteiger partial charge in [-0.3, -0.25) is 0 Å². The molecule has 1 N–H and O–H groups in total. The Balaban J connectivity index is 2.17. The van der Waals surface area contributed by atoms with Gasteiger partial charge in [0.1, 0.15) is 0 Å². The lowest BCUT2D eigenvalue weighted by molar-refractivity contribution is -0.0815. The maximum absolute atomic E-state index is 5.83. The highest BCUT2D eigenvalue weighted by Gasteiger charge is 2.29. The Morgan fingerprint density at radius 3 is 2.64 bits per heavy atom. The van der Waals surface area contributed by atoms with Gasteiger partial charge in [-0.1, -0.05) is 13.0 Å². The molecule has 0 spiro atoms. The molecule has 0 amide bonds. The van der Waals surface area contributed by atoms with E-state index in [9.17, 15) is 0 Å². The summed E-state index contributed by atoms with van der Waals surface area (Å²) in [5, 5.41) is 5.16. The van der Waals surface area contributed by atoms with Crippen molar-refractivity contribution >= 4 is 5.90 Å². The van der Waals surface area contributed by atoms with Crippen molar-refractivity contribution in [2.75, 3.05) is 33.9 Å². The Morgan fingerprint density at radius 1 is 1.23 bits per heavy atom. The molecule has 0 aliphatic carbocycles. The second-order valence-electron chi connectivity index (χ2n) is 4.94. The fourth-order valence-corrected chi connectivity index (χ4v) is 2.38. The van der Waals surface area contributed by atoms with Gasteiger partial charge in [-0.15, -0.1) is 5.06 Å². The van der Waals surface area contributed by atoms with Crippen LogP contribution in [0.2, 0.25) is 0 Å². The van der Waals surface area contributed by atoms with Crippen LogP contribution in [0.4, 0.5) is 0 Å². The SMILES string of the molecule is CCNCCC1=N[C@@H](c2ccc(OC)c(OC)c2)N(CC)O1. The second-order valence-corrected chi connectivity index (χ2v) is 4.94. The Morgan fingerprint density at radius 2 is 2.00 bits per heavy atom. The molecular weight excluding hydrogens is 282 g/mol. The molecule has 1 aromatic rings. The van der Waals surface area contributed by atoms with Crippen molar-refractivity contribution in [3.63, 3.8) is 0 Å². The normalized spacial score (nSPS) is 18.0. The second kappa shape index (κ2) is 8.00. The summed E-state index contributed by atoms with van der Waals surface area (Å²) in [6, 6.07) is 5.84. The van der Waals surface area contributed by atoms with E-state index in [0.29, 0.717) is 11.5 Å². The summed E-state index contributed by atoms with van der Waals surface area (Å²) < 4.78 is 10.6. The van der Waals surface area contributed by atoms with E-state index in [1.165, 1.54) is 0 Å². The maximum Gasteiger partial charge on any atom is 0.213 e. The van der Waals surface area contributed by atoms with Crippen LogP contribution in [-0.4, -0.2) is 44.8 Å². The molecule has 6 nitrogen and oxygen atoms in total. The Bertz CT molecular complexity index is 519. The number of rotatable bonds is 8. The van der Waals surface area contributed by atoms with Crippen LogP contribution >= 0.6 is 0 Å². The standard InChI is InChI=1S/C16H25N3O3/c1-5-17-10-9-15-18-16(19(6-2)22-15)12-7-8-13(20-3)14(11-12)21-4/h7-8,11,16-17H,5-6,9-10H2,1-4H3/t16-/m1/s1. The van der Waals surface area contributed by atoms with Crippen LogP contribution in [0.5, 0.6) is 11.5 Å². The summed E-state index contributed by atoms with van der Waals surface area (Å²) in [5.74, 6) is 2.18. The number of nitrogens with zero attached hydrogens (tertiary/aromatic N) is 2. The number of benzene rings is 1. The summed E-state index contributed by atoms with van der Waals surface area (Å²) in [5.41, 5.74) is 1.03. The van der Waals surface area contributed by atoms with Gasteiger partial charge < -0.3 is 19.6 Å². The fourth-order valence-electron chi connectivity index (χ4n) is 2.38. The van der Waals surface area contributed by atoms with Gasteiger partial charge in [0.15, 0.2) is 17.7 Å². The minimum absolute atomic E-state index is 0.138. The largest absolute Gasteiger partial charge is 0.493 e. The van der Waals surface area contributed by atoms with Crippen molar-refractivity contribution < 1.29 is 14.3 Å². The zero-order valence-electron chi connectivity index (χ0n) is 13.8. The molecule has 0 saturated carbocycles. The number of methoxy groups -OCH3 is 2. The van der Waals surface area contributed by atoms with Gasteiger partial charge in [-0.2, -0.15) is 0 Å². The zero-order chi connectivity index (χ0) is 15.9. The van der Waals surface area contributed by atoms with Crippen molar-refractivity contribution in [3.05, 3.63) is 23.8 Å². The molecule has 0 bridgehead atoms. The molecule has 2 rings (SSSR count). The summed E-state index contributed by atoms with van der Waals surface area (Å²) in [4.78, 5) is 10.5. The number of hydroxylamine groups is 2. The van der Waals surface area contributed by atoms with Gasteiger partial charge >= 0.3 is 0 Å². The van der Waals surface area contributed by atoms with E-state index in [2.05, 4.69) is 19.2 Å². The quantitative estimate of drug-likeness (QED) is 0.747. The maximum atomic E-state index is 5.83. The van der Waals surface area contributed by atoms with Gasteiger partial charge in [0, 0.05) is 19.5 Å². The molecule has 0 unspecified atom stereocenters. The monoisotopic (exact) mass is 307 g/mol. The lowest BCUT2D eigenvalue weighted by Gasteiger charge is -2.20. The number of hydrogen-bond donors (Lipinski definition) is 1. The van der Waals surface area contributed by atoms with E-state index in [4.69, 9.17) is 19.3 Å². The van der Waals surface area contributed by atoms with Crippen LogP contribution in [0.25, 0.3) is 0 Å². The highest BCUT2D eigenvalue weighted by Crippen LogP contribution is 2.34. The first-order valence-electron chi connectivity index (χ1n) is 7.67. The molecule has 22 heavy (non-hydrogen) atoms. The summed E-state index contributed by atoms with van der Waals surface area (Å²) >= 11 is 0. The third-order valence-corrected chi connectivity index (χ3v) is 3.54. The number of nitrogens with one attached hydrogen (secondary N) is 1. The van der Waals surface area contributed by atoms with Crippen molar-refractivity contribution in [3.8, 4) is 11.5 Å². The van der Waals surface area contributed by atoms with Crippen molar-refractivity contribution in [1.82, 2.24) is 10.4 Å². The van der Waals surface area contributed by atoms with E-state index in [1.54, 1.807) is 14.2 Å². The Hall–Kier alpha value is -1.79. The third kappa shape index (κ3) is 3.69. The highest BCUT2D eigenvalue weighted by atomic mass is 16.7. The van der Waals surface area contributed by atoms with E-state index in [-0.39, 0.29) is 6.17 Å². The van der Waals surface area contributed by atoms with Crippen molar-refractivity contribution in [2.45, 2.75) is 26.4 Å². The van der Waals surface area contributed by atoms with E-state index in [1.807, 2.05) is 23.3 Å². The van der Waals surface area contributed by atoms with Gasteiger partial charge in [-0.05, 0) is 31.2 Å². The minimum Gasteiger partial charge on any atom is -0.493 e. The third-order valence-electron chi connectivity index (χ3n) is 3.54. The predicted octanol–water partition coefficient (Wildman–Crippen LogP) is 2.37. The molecule has 1 atom stereocenters. The van der Waals surface area contributed by atoms with Crippen LogP contribution < -0.4 is 14.8 Å². The molecule has 1 aliphatic rings. The van der Waals surface area contributed by atoms with E-state index < -0.39 is 0 Å². The lowest BCUT2D eigenvalue weighted by atomic mass is 10.1. The van der Waals surface area contributed by atoms with Crippen LogP contribution in [0.1, 0.15) is 32.0 Å². The van der Waals surface area contributed by atoms with Gasteiger partial charge in [0.25, 0.3) is 0 Å². The molecule has 122 valence electrons. The van der Waals surface area contributed by atoms with Gasteiger partial charge in [-0.25, -0.2) is 4.99 Å². The molecule has 0 saturated heterocycles. The highest BCUT2D eigenvalue weighted by molar-refractivity contribution is 5.77. The summed E-state index contributed by atoms with van der Waals surface area (Å²) in [7, 11) is 3.26. The van der Waals surface area contributed by atoms with E-state index >= 15 is 0 Å². The lowest BCUT2D eigenvalue weighted by Crippen LogP contribution is -2.25. The number of ether oxygens (including phenoxy) is 2. The number of aliphatic imine (C=N–C) groups is 1. The predicted molar refractivity (Wildman–Crippen MR) is 86.3 cm³/mol. The summed E-state index contributed by atoms with van der Waals surface area (Å²) in [6.45, 7) is 6.71. The van der Waals surface area contributed by atoms with Crippen LogP contribution in [0.3, 0.4) is 0 Å². The Kier molecular flexibility index (Phi) is 6.03. The Labute approximate surface area is 132 Å². The van der Waals surface area contributed by atoms with Crippen molar-refractivity contribution in [1.29, 1.82) is 0 Å². The average molecular weight is 307 g/mol. The van der Waals surface area contributed by atoms with E-state index in [0.717, 1.165) is 37.5 Å². The molecule has 1 heterocycles. The van der Waals surface area contributed by atoms with Crippen LogP contribution in [0, 0.1) is 0 Å². The topological polar surface area (TPSA) is 55.3 Å². The molecule has 6 heteroatoms. The first-order chi connectivity index (χ1) is 10.7. The summed E-state index contributed by atoms with van der Waals surface area (Å²) in [6.07, 6.45) is 0.648. The number of hydrogen-bond acceptors (Lipinski definition) is 6. The van der Waals surface area contributed by atoms with Gasteiger partial charge in [0.2, 0.25) is 5.90 Å². The minimum atomic E-state index is -0.138. The molecular formula is C16H25N3O3. The molecule has 0 aromatic heterocycles. The van der Waals surface area contributed by atoms with Crippen molar-refractivity contribution in [2.24, 2.45) is 4.99 Å². The van der Waals surface area contributed by atoms with Crippen LogP contribution in [0.15, 0.2) is 23.2 Å². The van der Waals surface area contributed by atoms with Crippen LogP contribution in [-0.2, 0) is 4.84 Å². The molecule has 1 aliphatic heterocycles. The zero-order valence-corrected chi connectivity index (χ0v) is 13.8. The molecule has 0 radical (unpaired) electrons. The fraction of sp³-hybridized carbons (Fsp3) is 0.562. The average Bonchev–Trinajstić information content (AvgIpc) is 2.97. The van der Waals surface area contributed by atoms with Gasteiger partial charge in [0.05, 0.1) is 14.2 Å². The first-order valence-corrected chi connectivity index (χ1v) is 7.67. The smallest absolute Gasteiger partial charge is 0.213 e. The molecule has 1 aromatic carbocycles.